The molecule has 0 bridgehead atoms. The van der Waals surface area contributed by atoms with Crippen LogP contribution in [0.4, 0.5) is 9.59 Å². The van der Waals surface area contributed by atoms with E-state index >= 15 is 0 Å². The van der Waals surface area contributed by atoms with Crippen molar-refractivity contribution in [3.05, 3.63) is 35.9 Å². The normalized spacial score (nSPS) is 12.2. The third-order valence-corrected chi connectivity index (χ3v) is 2.49. The summed E-state index contributed by atoms with van der Waals surface area (Å²) in [5, 5.41) is 2.54. The van der Waals surface area contributed by atoms with E-state index in [0.717, 1.165) is 5.56 Å². The van der Waals surface area contributed by atoms with Gasteiger partial charge in [-0.3, -0.25) is 4.84 Å². The Morgan fingerprint density at radius 2 is 1.78 bits per heavy atom. The minimum Gasteiger partial charge on any atom is -0.444 e. The number of alkyl carbamates (subject to hydrolysis) is 1. The van der Waals surface area contributed by atoms with Crippen LogP contribution in [0.1, 0.15) is 33.3 Å². The first-order chi connectivity index (χ1) is 10.8. The summed E-state index contributed by atoms with van der Waals surface area (Å²) in [5.74, 6) is 0. The van der Waals surface area contributed by atoms with Crippen LogP contribution in [0.5, 0.6) is 0 Å². The molecule has 0 radical (unpaired) electrons. The van der Waals surface area contributed by atoms with Crippen LogP contribution in [0.25, 0.3) is 0 Å². The Kier molecular flexibility index (Phi) is 7.34. The lowest BCUT2D eigenvalue weighted by molar-refractivity contribution is -0.0174. The third-order valence-electron chi connectivity index (χ3n) is 2.49. The number of hydroxylamine groups is 1. The number of nitrogens with one attached hydrogen (secondary N) is 2. The Morgan fingerprint density at radius 3 is 2.39 bits per heavy atom. The molecule has 0 aliphatic heterocycles. The number of amides is 2. The van der Waals surface area contributed by atoms with Gasteiger partial charge < -0.3 is 14.8 Å². The van der Waals surface area contributed by atoms with Crippen molar-refractivity contribution in [1.82, 2.24) is 10.8 Å². The van der Waals surface area contributed by atoms with Gasteiger partial charge in [0, 0.05) is 6.54 Å². The summed E-state index contributed by atoms with van der Waals surface area (Å²) >= 11 is 0. The highest BCUT2D eigenvalue weighted by Crippen LogP contribution is 2.06. The molecule has 7 nitrogen and oxygen atoms in total. The first kappa shape index (κ1) is 18.8. The highest BCUT2D eigenvalue weighted by molar-refractivity contribution is 5.67. The molecule has 1 aromatic carbocycles. The van der Waals surface area contributed by atoms with Gasteiger partial charge in [0.1, 0.15) is 18.3 Å². The Hall–Kier alpha value is -2.28. The molecule has 0 spiro atoms. The molecule has 0 aliphatic carbocycles. The lowest BCUT2D eigenvalue weighted by Crippen LogP contribution is -2.39. The monoisotopic (exact) mass is 324 g/mol. The van der Waals surface area contributed by atoms with E-state index in [2.05, 4.69) is 10.8 Å². The lowest BCUT2D eigenvalue weighted by Gasteiger charge is -2.20. The Balaban J connectivity index is 2.16. The second-order valence-electron chi connectivity index (χ2n) is 5.98. The van der Waals surface area contributed by atoms with E-state index < -0.39 is 23.9 Å². The first-order valence-corrected chi connectivity index (χ1v) is 7.35. The molecule has 0 saturated carbocycles. The molecule has 128 valence electrons. The quantitative estimate of drug-likeness (QED) is 0.786. The van der Waals surface area contributed by atoms with Crippen LogP contribution in [0, 0.1) is 0 Å². The molecule has 0 fully saturated rings. The Bertz CT molecular complexity index is 499. The topological polar surface area (TPSA) is 85.9 Å². The van der Waals surface area contributed by atoms with Crippen LogP contribution in [0.15, 0.2) is 30.3 Å². The highest BCUT2D eigenvalue weighted by Gasteiger charge is 2.16. The van der Waals surface area contributed by atoms with Gasteiger partial charge in [-0.15, -0.1) is 0 Å². The summed E-state index contributed by atoms with van der Waals surface area (Å²) in [6.07, 6.45) is -1.68. The summed E-state index contributed by atoms with van der Waals surface area (Å²) in [7, 11) is 0. The summed E-state index contributed by atoms with van der Waals surface area (Å²) < 4.78 is 10.1. The molecule has 2 amide bonds. The Morgan fingerprint density at radius 1 is 1.13 bits per heavy atom. The number of rotatable bonds is 6. The van der Waals surface area contributed by atoms with Gasteiger partial charge in [-0.2, -0.15) is 5.48 Å². The van der Waals surface area contributed by atoms with Crippen LogP contribution in [-0.2, 0) is 20.9 Å². The van der Waals surface area contributed by atoms with Crippen LogP contribution in [0.3, 0.4) is 0 Å². The van der Waals surface area contributed by atoms with Crippen molar-refractivity contribution < 1.29 is 23.9 Å². The van der Waals surface area contributed by atoms with E-state index in [4.69, 9.17) is 14.3 Å². The van der Waals surface area contributed by atoms with Gasteiger partial charge in [0.25, 0.3) is 0 Å². The SMILES string of the molecule is C[C@@H](CNC(=O)OC(C)(C)C)ONC(=O)OCc1ccccc1. The molecule has 1 rings (SSSR count). The fourth-order valence-electron chi connectivity index (χ4n) is 1.48. The van der Waals surface area contributed by atoms with E-state index in [9.17, 15) is 9.59 Å². The maximum absolute atomic E-state index is 11.5. The summed E-state index contributed by atoms with van der Waals surface area (Å²) in [5.41, 5.74) is 2.49. The van der Waals surface area contributed by atoms with Gasteiger partial charge in [0.05, 0.1) is 0 Å². The first-order valence-electron chi connectivity index (χ1n) is 7.35. The minimum absolute atomic E-state index is 0.153. The van der Waals surface area contributed by atoms with Crippen molar-refractivity contribution in [1.29, 1.82) is 0 Å². The van der Waals surface area contributed by atoms with Crippen molar-refractivity contribution in [3.8, 4) is 0 Å². The minimum atomic E-state index is -0.696. The maximum atomic E-state index is 11.5. The number of hydrogen-bond donors (Lipinski definition) is 2. The van der Waals surface area contributed by atoms with E-state index in [0.29, 0.717) is 0 Å². The van der Waals surface area contributed by atoms with Crippen LogP contribution < -0.4 is 10.8 Å². The largest absolute Gasteiger partial charge is 0.444 e. The summed E-state index contributed by atoms with van der Waals surface area (Å²) in [4.78, 5) is 28.0. The van der Waals surface area contributed by atoms with E-state index in [-0.39, 0.29) is 13.2 Å². The van der Waals surface area contributed by atoms with Crippen LogP contribution in [0.2, 0.25) is 0 Å². The van der Waals surface area contributed by atoms with Gasteiger partial charge in [0.15, 0.2) is 0 Å². The van der Waals surface area contributed by atoms with Gasteiger partial charge in [-0.1, -0.05) is 30.3 Å². The number of carbonyl (C=O) groups excluding carboxylic acids is 2. The van der Waals surface area contributed by atoms with Gasteiger partial charge in [0.2, 0.25) is 0 Å². The molecule has 0 heterocycles. The summed E-state index contributed by atoms with van der Waals surface area (Å²) in [6, 6.07) is 9.30. The number of hydrogen-bond acceptors (Lipinski definition) is 5. The fraction of sp³-hybridized carbons (Fsp3) is 0.500. The van der Waals surface area contributed by atoms with Crippen LogP contribution >= 0.6 is 0 Å². The number of benzene rings is 1. The van der Waals surface area contributed by atoms with Gasteiger partial charge >= 0.3 is 12.2 Å². The van der Waals surface area contributed by atoms with Crippen molar-refractivity contribution >= 4 is 12.2 Å². The number of carbonyl (C=O) groups is 2. The molecular formula is C16H24N2O5. The highest BCUT2D eigenvalue weighted by atomic mass is 16.7. The zero-order chi connectivity index (χ0) is 17.3. The van der Waals surface area contributed by atoms with E-state index in [1.807, 2.05) is 30.3 Å². The molecule has 0 aliphatic rings. The fourth-order valence-corrected chi connectivity index (χ4v) is 1.48. The third kappa shape index (κ3) is 9.36. The standard InChI is InChI=1S/C16H24N2O5/c1-12(10-17-14(19)22-16(2,3)4)23-18-15(20)21-11-13-8-6-5-7-9-13/h5-9,12H,10-11H2,1-4H3,(H,17,19)(H,18,20)/t12-/m0/s1. The van der Waals surface area contributed by atoms with Crippen molar-refractivity contribution in [2.24, 2.45) is 0 Å². The molecule has 2 N–H and O–H groups in total. The smallest absolute Gasteiger partial charge is 0.431 e. The molecule has 0 saturated heterocycles. The molecular weight excluding hydrogens is 300 g/mol. The van der Waals surface area contributed by atoms with Crippen molar-refractivity contribution in [2.45, 2.75) is 46.0 Å². The van der Waals surface area contributed by atoms with Crippen molar-refractivity contribution in [3.63, 3.8) is 0 Å². The van der Waals surface area contributed by atoms with E-state index in [1.165, 1.54) is 0 Å². The molecule has 23 heavy (non-hydrogen) atoms. The van der Waals surface area contributed by atoms with Crippen LogP contribution in [-0.4, -0.2) is 30.4 Å². The zero-order valence-corrected chi connectivity index (χ0v) is 13.9. The van der Waals surface area contributed by atoms with Crippen molar-refractivity contribution in [2.75, 3.05) is 6.54 Å². The van der Waals surface area contributed by atoms with Gasteiger partial charge in [-0.25, -0.2) is 9.59 Å². The number of ether oxygens (including phenoxy) is 2. The predicted octanol–water partition coefficient (Wildman–Crippen LogP) is 2.76. The lowest BCUT2D eigenvalue weighted by atomic mass is 10.2. The van der Waals surface area contributed by atoms with E-state index in [1.54, 1.807) is 27.7 Å². The zero-order valence-electron chi connectivity index (χ0n) is 13.9. The molecule has 7 heteroatoms. The molecule has 0 unspecified atom stereocenters. The molecule has 1 aromatic rings. The second kappa shape index (κ2) is 8.99. The average molecular weight is 324 g/mol. The predicted molar refractivity (Wildman–Crippen MR) is 84.5 cm³/mol. The molecule has 1 atom stereocenters. The second-order valence-corrected chi connectivity index (χ2v) is 5.98. The average Bonchev–Trinajstić information content (AvgIpc) is 2.48. The molecule has 0 aromatic heterocycles. The maximum Gasteiger partial charge on any atom is 0.431 e. The Labute approximate surface area is 136 Å². The summed E-state index contributed by atoms with van der Waals surface area (Å²) in [6.45, 7) is 7.35. The van der Waals surface area contributed by atoms with Gasteiger partial charge in [-0.05, 0) is 33.3 Å².